The molecule has 3 rings (SSSR count). The molecule has 2 aliphatic heterocycles. The number of hydrogen-bond donors (Lipinski definition) is 1. The van der Waals surface area contributed by atoms with E-state index in [9.17, 15) is 14.4 Å². The molecule has 168 valence electrons. The minimum absolute atomic E-state index is 0.0892. The third kappa shape index (κ3) is 5.73. The molecule has 2 aliphatic rings. The van der Waals surface area contributed by atoms with E-state index in [0.717, 1.165) is 30.8 Å². The number of ether oxygens (including phenoxy) is 1. The number of amides is 2. The molecular weight excluding hydrogens is 394 g/mol. The Morgan fingerprint density at radius 3 is 2.61 bits per heavy atom. The van der Waals surface area contributed by atoms with Crippen LogP contribution in [0.25, 0.3) is 0 Å². The van der Waals surface area contributed by atoms with Gasteiger partial charge in [-0.3, -0.25) is 9.59 Å². The van der Waals surface area contributed by atoms with Crippen molar-refractivity contribution in [1.82, 2.24) is 15.1 Å². The van der Waals surface area contributed by atoms with Crippen molar-refractivity contribution < 1.29 is 19.1 Å². The van der Waals surface area contributed by atoms with Crippen LogP contribution in [0.3, 0.4) is 0 Å². The van der Waals surface area contributed by atoms with Gasteiger partial charge in [0.2, 0.25) is 11.8 Å². The van der Waals surface area contributed by atoms with E-state index < -0.39 is 5.97 Å². The number of rotatable bonds is 8. The monoisotopic (exact) mass is 427 g/mol. The summed E-state index contributed by atoms with van der Waals surface area (Å²) in [4.78, 5) is 42.0. The molecule has 0 aromatic heterocycles. The molecule has 1 atom stereocenters. The zero-order chi connectivity index (χ0) is 22.4. The molecule has 7 nitrogen and oxygen atoms in total. The quantitative estimate of drug-likeness (QED) is 0.645. The Kier molecular flexibility index (Phi) is 7.85. The van der Waals surface area contributed by atoms with Crippen molar-refractivity contribution in [3.63, 3.8) is 0 Å². The summed E-state index contributed by atoms with van der Waals surface area (Å²) in [5, 5.41) is 2.90. The molecule has 0 bridgehead atoms. The first-order valence-electron chi connectivity index (χ1n) is 11.1. The highest BCUT2D eigenvalue weighted by Gasteiger charge is 2.37. The van der Waals surface area contributed by atoms with Gasteiger partial charge in [-0.25, -0.2) is 4.79 Å². The van der Waals surface area contributed by atoms with Gasteiger partial charge in [-0.05, 0) is 52.3 Å². The lowest BCUT2D eigenvalue weighted by molar-refractivity contribution is -0.141. The summed E-state index contributed by atoms with van der Waals surface area (Å²) >= 11 is 0. The molecule has 0 radical (unpaired) electrons. The normalized spacial score (nSPS) is 19.6. The third-order valence-electron chi connectivity index (χ3n) is 6.01. The minimum atomic E-state index is -0.432. The van der Waals surface area contributed by atoms with Crippen LogP contribution in [0, 0.1) is 6.92 Å². The Hall–Kier alpha value is -2.67. The van der Waals surface area contributed by atoms with Crippen molar-refractivity contribution in [3.8, 4) is 0 Å². The molecule has 0 aliphatic carbocycles. The second-order valence-corrected chi connectivity index (χ2v) is 8.27. The number of nitrogens with zero attached hydrogens (tertiary/aromatic N) is 2. The number of carbonyl (C=O) groups is 3. The predicted octanol–water partition coefficient (Wildman–Crippen LogP) is 2.36. The molecule has 0 spiro atoms. The van der Waals surface area contributed by atoms with Gasteiger partial charge in [0.05, 0.1) is 12.2 Å². The maximum Gasteiger partial charge on any atom is 0.336 e. The lowest BCUT2D eigenvalue weighted by atomic mass is 9.83. The number of benzene rings is 1. The van der Waals surface area contributed by atoms with Crippen molar-refractivity contribution in [2.24, 2.45) is 0 Å². The second kappa shape index (κ2) is 10.6. The summed E-state index contributed by atoms with van der Waals surface area (Å²) in [6.45, 7) is 9.15. The maximum absolute atomic E-state index is 13.0. The smallest absolute Gasteiger partial charge is 0.336 e. The first kappa shape index (κ1) is 23.0. The minimum Gasteiger partial charge on any atom is -0.463 e. The maximum atomic E-state index is 13.0. The van der Waals surface area contributed by atoms with E-state index in [4.69, 9.17) is 4.74 Å². The van der Waals surface area contributed by atoms with E-state index in [2.05, 4.69) is 10.2 Å². The van der Waals surface area contributed by atoms with E-state index in [1.807, 2.05) is 31.2 Å². The van der Waals surface area contributed by atoms with E-state index in [1.165, 1.54) is 17.7 Å². The molecule has 1 N–H and O–H groups in total. The van der Waals surface area contributed by atoms with Gasteiger partial charge in [-0.2, -0.15) is 0 Å². The highest BCUT2D eigenvalue weighted by Crippen LogP contribution is 2.37. The van der Waals surface area contributed by atoms with Crippen LogP contribution in [-0.4, -0.2) is 66.9 Å². The number of nitrogens with one attached hydrogen (secondary N) is 1. The van der Waals surface area contributed by atoms with Gasteiger partial charge >= 0.3 is 5.97 Å². The molecule has 2 amide bonds. The van der Waals surface area contributed by atoms with Crippen molar-refractivity contribution in [2.45, 2.75) is 46.0 Å². The van der Waals surface area contributed by atoms with Crippen LogP contribution >= 0.6 is 0 Å². The summed E-state index contributed by atoms with van der Waals surface area (Å²) in [5.74, 6) is -1.18. The lowest BCUT2D eigenvalue weighted by Gasteiger charge is -2.34. The number of carbonyl (C=O) groups excluding carboxylic acids is 3. The van der Waals surface area contributed by atoms with Crippen molar-refractivity contribution >= 4 is 17.8 Å². The molecule has 1 aromatic carbocycles. The standard InChI is InChI=1S/C24H33N3O4/c1-4-31-24(30)23-18(3)27(16-21(28)25-10-13-26-11-5-6-12-26)22(29)15-20(23)19-9-7-8-17(2)14-19/h7-9,14,20H,4-6,10-13,15-16H2,1-3H3,(H,25,28). The van der Waals surface area contributed by atoms with Gasteiger partial charge in [0, 0.05) is 31.1 Å². The molecule has 1 unspecified atom stereocenters. The average molecular weight is 428 g/mol. The van der Waals surface area contributed by atoms with Crippen LogP contribution in [0.15, 0.2) is 35.5 Å². The first-order valence-corrected chi connectivity index (χ1v) is 11.1. The zero-order valence-electron chi connectivity index (χ0n) is 18.8. The molecule has 31 heavy (non-hydrogen) atoms. The molecule has 1 saturated heterocycles. The average Bonchev–Trinajstić information content (AvgIpc) is 3.24. The van der Waals surface area contributed by atoms with Gasteiger partial charge in [0.15, 0.2) is 0 Å². The molecule has 7 heteroatoms. The molecule has 1 fully saturated rings. The summed E-state index contributed by atoms with van der Waals surface area (Å²) in [5.41, 5.74) is 2.92. The zero-order valence-corrected chi connectivity index (χ0v) is 18.8. The Bertz CT molecular complexity index is 858. The van der Waals surface area contributed by atoms with Crippen LogP contribution < -0.4 is 5.32 Å². The number of allylic oxidation sites excluding steroid dienone is 1. The first-order chi connectivity index (χ1) is 14.9. The largest absolute Gasteiger partial charge is 0.463 e. The van der Waals surface area contributed by atoms with Gasteiger partial charge in [-0.1, -0.05) is 29.8 Å². The summed E-state index contributed by atoms with van der Waals surface area (Å²) in [6.07, 6.45) is 2.55. The highest BCUT2D eigenvalue weighted by atomic mass is 16.5. The predicted molar refractivity (Wildman–Crippen MR) is 118 cm³/mol. The van der Waals surface area contributed by atoms with Crippen LogP contribution in [0.2, 0.25) is 0 Å². The third-order valence-corrected chi connectivity index (χ3v) is 6.01. The highest BCUT2D eigenvalue weighted by molar-refractivity contribution is 5.97. The van der Waals surface area contributed by atoms with E-state index in [1.54, 1.807) is 13.8 Å². The van der Waals surface area contributed by atoms with Gasteiger partial charge in [0.25, 0.3) is 0 Å². The molecule has 2 heterocycles. The van der Waals surface area contributed by atoms with E-state index in [0.29, 0.717) is 17.8 Å². The fraction of sp³-hybridized carbons (Fsp3) is 0.542. The Morgan fingerprint density at radius 2 is 1.94 bits per heavy atom. The van der Waals surface area contributed by atoms with Gasteiger partial charge in [0.1, 0.15) is 6.54 Å². The fourth-order valence-electron chi connectivity index (χ4n) is 4.41. The van der Waals surface area contributed by atoms with Crippen molar-refractivity contribution in [2.75, 3.05) is 39.3 Å². The Morgan fingerprint density at radius 1 is 1.19 bits per heavy atom. The molecule has 1 aromatic rings. The summed E-state index contributed by atoms with van der Waals surface area (Å²) in [7, 11) is 0. The molecular formula is C24H33N3O4. The fourth-order valence-corrected chi connectivity index (χ4v) is 4.41. The number of likely N-dealkylation sites (tertiary alicyclic amines) is 1. The van der Waals surface area contributed by atoms with Crippen LogP contribution in [0.4, 0.5) is 0 Å². The summed E-state index contributed by atoms with van der Waals surface area (Å²) < 4.78 is 5.30. The Labute approximate surface area is 184 Å². The van der Waals surface area contributed by atoms with E-state index in [-0.39, 0.29) is 37.3 Å². The van der Waals surface area contributed by atoms with Crippen molar-refractivity contribution in [1.29, 1.82) is 0 Å². The number of hydrogen-bond acceptors (Lipinski definition) is 5. The molecule has 0 saturated carbocycles. The van der Waals surface area contributed by atoms with Gasteiger partial charge < -0.3 is 19.9 Å². The van der Waals surface area contributed by atoms with Crippen LogP contribution in [0.5, 0.6) is 0 Å². The van der Waals surface area contributed by atoms with Crippen LogP contribution in [0.1, 0.15) is 50.2 Å². The second-order valence-electron chi connectivity index (χ2n) is 8.27. The summed E-state index contributed by atoms with van der Waals surface area (Å²) in [6, 6.07) is 7.82. The number of aryl methyl sites for hydroxylation is 1. The van der Waals surface area contributed by atoms with Crippen molar-refractivity contribution in [3.05, 3.63) is 46.7 Å². The van der Waals surface area contributed by atoms with Crippen LogP contribution in [-0.2, 0) is 19.1 Å². The van der Waals surface area contributed by atoms with Gasteiger partial charge in [-0.15, -0.1) is 0 Å². The SMILES string of the molecule is CCOC(=O)C1=C(C)N(CC(=O)NCCN2CCCC2)C(=O)CC1c1cccc(C)c1. The van der Waals surface area contributed by atoms with E-state index >= 15 is 0 Å². The lowest BCUT2D eigenvalue weighted by Crippen LogP contribution is -2.45. The Balaban J connectivity index is 1.76. The number of esters is 1. The topological polar surface area (TPSA) is 79.0 Å².